The molecule has 0 aliphatic heterocycles. The van der Waals surface area contributed by atoms with Gasteiger partial charge in [-0.1, -0.05) is 20.8 Å². The van der Waals surface area contributed by atoms with E-state index < -0.39 is 25.8 Å². The monoisotopic (exact) mass is 458 g/mol. The van der Waals surface area contributed by atoms with Gasteiger partial charge >= 0.3 is 0 Å². The number of benzene rings is 1. The van der Waals surface area contributed by atoms with Crippen LogP contribution in [0.5, 0.6) is 0 Å². The van der Waals surface area contributed by atoms with Crippen LogP contribution in [0.3, 0.4) is 0 Å². The van der Waals surface area contributed by atoms with Crippen LogP contribution < -0.4 is 0 Å². The number of hydrogen-bond donors (Lipinski definition) is 0. The van der Waals surface area contributed by atoms with Crippen molar-refractivity contribution in [2.45, 2.75) is 65.1 Å². The number of ketones is 2. The molecule has 0 heterocycles. The fourth-order valence-corrected chi connectivity index (χ4v) is 5.01. The SMILES string of the molecule is CC(=O)c1c(C#N)c2c(c(C#N)c1C(C)=O)C(CCO[Si](C)(C)C(C)(C)C)C(C#N)=C2C#N. The third-order valence-electron chi connectivity index (χ3n) is 6.59. The lowest BCUT2D eigenvalue weighted by Gasteiger charge is -2.36. The van der Waals surface area contributed by atoms with Crippen LogP contribution >= 0.6 is 0 Å². The summed E-state index contributed by atoms with van der Waals surface area (Å²) >= 11 is 0. The number of Topliss-reactive ketones (excluding diaryl/α,β-unsaturated/α-hetero) is 2. The molecule has 0 aromatic heterocycles. The highest BCUT2D eigenvalue weighted by atomic mass is 28.4. The number of nitriles is 4. The Balaban J connectivity index is 2.83. The minimum absolute atomic E-state index is 0.0315. The predicted molar refractivity (Wildman–Crippen MR) is 125 cm³/mol. The molecule has 1 aromatic carbocycles. The lowest BCUT2D eigenvalue weighted by atomic mass is 9.81. The van der Waals surface area contributed by atoms with E-state index in [-0.39, 0.29) is 56.2 Å². The Morgan fingerprint density at radius 3 is 1.82 bits per heavy atom. The van der Waals surface area contributed by atoms with Crippen molar-refractivity contribution in [1.82, 2.24) is 0 Å². The Morgan fingerprint density at radius 1 is 0.909 bits per heavy atom. The van der Waals surface area contributed by atoms with Crippen molar-refractivity contribution >= 4 is 25.5 Å². The highest BCUT2D eigenvalue weighted by Crippen LogP contribution is 2.49. The molecule has 7 nitrogen and oxygen atoms in total. The molecule has 1 aliphatic rings. The summed E-state index contributed by atoms with van der Waals surface area (Å²) in [5.74, 6) is -1.78. The number of hydrogen-bond acceptors (Lipinski definition) is 7. The quantitative estimate of drug-likeness (QED) is 0.424. The van der Waals surface area contributed by atoms with Gasteiger partial charge in [-0.3, -0.25) is 9.59 Å². The molecule has 2 rings (SSSR count). The second kappa shape index (κ2) is 9.12. The molecule has 0 saturated heterocycles. The molecule has 1 unspecified atom stereocenters. The van der Waals surface area contributed by atoms with Crippen LogP contribution in [0.4, 0.5) is 0 Å². The molecule has 0 bridgehead atoms. The van der Waals surface area contributed by atoms with Gasteiger partial charge in [-0.25, -0.2) is 0 Å². The third kappa shape index (κ3) is 4.24. The molecule has 1 aliphatic carbocycles. The van der Waals surface area contributed by atoms with E-state index in [0.717, 1.165) is 0 Å². The zero-order chi connectivity index (χ0) is 25.3. The van der Waals surface area contributed by atoms with E-state index in [9.17, 15) is 30.6 Å². The van der Waals surface area contributed by atoms with Gasteiger partial charge in [0.05, 0.1) is 28.3 Å². The van der Waals surface area contributed by atoms with Gasteiger partial charge in [-0.05, 0) is 44.0 Å². The summed E-state index contributed by atoms with van der Waals surface area (Å²) in [5, 5.41) is 39.6. The third-order valence-corrected chi connectivity index (χ3v) is 11.1. The summed E-state index contributed by atoms with van der Waals surface area (Å²) in [5.41, 5.74) is -0.0201. The highest BCUT2D eigenvalue weighted by Gasteiger charge is 2.41. The van der Waals surface area contributed by atoms with E-state index in [1.54, 1.807) is 0 Å². The standard InChI is InChI=1S/C25H26N4O3Si/c1-14(30)21-19(12-28)23-16(8-9-32-33(6,7)25(3,4)5)17(10-26)18(11-27)24(23)20(13-29)22(21)15(2)31/h16H,8-9H2,1-7H3. The first-order valence-corrected chi connectivity index (χ1v) is 13.4. The van der Waals surface area contributed by atoms with E-state index >= 15 is 0 Å². The summed E-state index contributed by atoms with van der Waals surface area (Å²) in [4.78, 5) is 24.9. The van der Waals surface area contributed by atoms with Crippen LogP contribution in [0.2, 0.25) is 18.1 Å². The summed E-state index contributed by atoms with van der Waals surface area (Å²) in [7, 11) is -2.10. The highest BCUT2D eigenvalue weighted by molar-refractivity contribution is 6.74. The van der Waals surface area contributed by atoms with Crippen LogP contribution in [0.1, 0.15) is 89.9 Å². The molecule has 0 amide bonds. The van der Waals surface area contributed by atoms with Crippen molar-refractivity contribution in [3.05, 3.63) is 39.0 Å². The number of allylic oxidation sites excluding steroid dienone is 2. The average Bonchev–Trinajstić information content (AvgIpc) is 3.03. The van der Waals surface area contributed by atoms with E-state index in [1.807, 2.05) is 18.2 Å². The van der Waals surface area contributed by atoms with Crippen LogP contribution in [0.15, 0.2) is 5.57 Å². The lowest BCUT2D eigenvalue weighted by molar-refractivity contribution is 0.0980. The maximum atomic E-state index is 12.5. The first-order valence-electron chi connectivity index (χ1n) is 10.5. The van der Waals surface area contributed by atoms with Crippen molar-refractivity contribution in [3.63, 3.8) is 0 Å². The Hall–Kier alpha value is -3.56. The first-order chi connectivity index (χ1) is 15.3. The summed E-state index contributed by atoms with van der Waals surface area (Å²) in [6, 6.07) is 8.02. The van der Waals surface area contributed by atoms with Gasteiger partial charge in [0.25, 0.3) is 0 Å². The Kier molecular flexibility index (Phi) is 7.10. The van der Waals surface area contributed by atoms with Crippen LogP contribution in [-0.2, 0) is 4.43 Å². The smallest absolute Gasteiger partial charge is 0.191 e. The molecule has 0 spiro atoms. The van der Waals surface area contributed by atoms with Crippen molar-refractivity contribution in [3.8, 4) is 24.3 Å². The van der Waals surface area contributed by atoms with Gasteiger partial charge in [-0.2, -0.15) is 21.0 Å². The Morgan fingerprint density at radius 2 is 1.42 bits per heavy atom. The molecule has 0 N–H and O–H groups in total. The zero-order valence-electron chi connectivity index (χ0n) is 20.0. The van der Waals surface area contributed by atoms with Gasteiger partial charge in [0, 0.05) is 29.2 Å². The second-order valence-electron chi connectivity index (χ2n) is 9.59. The first kappa shape index (κ1) is 25.7. The number of fused-ring (bicyclic) bond motifs is 1. The number of carbonyl (C=O) groups excluding carboxylic acids is 2. The van der Waals surface area contributed by atoms with Crippen LogP contribution in [-0.4, -0.2) is 26.5 Å². The Labute approximate surface area is 195 Å². The lowest BCUT2D eigenvalue weighted by Crippen LogP contribution is -2.41. The fraction of sp³-hybridized carbons (Fsp3) is 0.440. The van der Waals surface area contributed by atoms with Crippen LogP contribution in [0, 0.1) is 45.3 Å². The van der Waals surface area contributed by atoms with Crippen LogP contribution in [0.25, 0.3) is 5.57 Å². The van der Waals surface area contributed by atoms with Gasteiger partial charge in [0.2, 0.25) is 0 Å². The topological polar surface area (TPSA) is 139 Å². The predicted octanol–water partition coefficient (Wildman–Crippen LogP) is 5.15. The summed E-state index contributed by atoms with van der Waals surface area (Å²) in [6.45, 7) is 13.2. The van der Waals surface area contributed by atoms with Crippen molar-refractivity contribution in [2.75, 3.05) is 6.61 Å². The van der Waals surface area contributed by atoms with Gasteiger partial charge < -0.3 is 4.43 Å². The maximum absolute atomic E-state index is 12.5. The fourth-order valence-electron chi connectivity index (χ4n) is 3.95. The summed E-state index contributed by atoms with van der Waals surface area (Å²) < 4.78 is 6.26. The molecule has 0 radical (unpaired) electrons. The van der Waals surface area contributed by atoms with E-state index in [2.05, 4.69) is 39.9 Å². The van der Waals surface area contributed by atoms with E-state index in [1.165, 1.54) is 13.8 Å². The van der Waals surface area contributed by atoms with Gasteiger partial charge in [0.1, 0.15) is 18.2 Å². The number of nitrogens with zero attached hydrogens (tertiary/aromatic N) is 4. The largest absolute Gasteiger partial charge is 0.417 e. The number of rotatable bonds is 6. The average molecular weight is 459 g/mol. The molecular weight excluding hydrogens is 432 g/mol. The van der Waals surface area contributed by atoms with Crippen molar-refractivity contribution in [2.24, 2.45) is 0 Å². The second-order valence-corrected chi connectivity index (χ2v) is 14.4. The zero-order valence-corrected chi connectivity index (χ0v) is 21.0. The molecule has 168 valence electrons. The minimum atomic E-state index is -2.10. The van der Waals surface area contributed by atoms with Gasteiger partial charge in [-0.15, -0.1) is 0 Å². The van der Waals surface area contributed by atoms with Crippen molar-refractivity contribution < 1.29 is 14.0 Å². The molecule has 8 heteroatoms. The van der Waals surface area contributed by atoms with Crippen molar-refractivity contribution in [1.29, 1.82) is 21.0 Å². The molecule has 0 saturated carbocycles. The van der Waals surface area contributed by atoms with Gasteiger partial charge in [0.15, 0.2) is 19.9 Å². The Bertz CT molecular complexity index is 1260. The minimum Gasteiger partial charge on any atom is -0.417 e. The molecular formula is C25H26N4O3Si. The maximum Gasteiger partial charge on any atom is 0.191 e. The molecule has 0 fully saturated rings. The molecule has 33 heavy (non-hydrogen) atoms. The molecule has 1 atom stereocenters. The normalized spacial score (nSPS) is 15.2. The number of carbonyl (C=O) groups is 2. The van der Waals surface area contributed by atoms with E-state index in [4.69, 9.17) is 4.43 Å². The molecule has 1 aromatic rings. The van der Waals surface area contributed by atoms with E-state index in [0.29, 0.717) is 6.42 Å². The summed E-state index contributed by atoms with van der Waals surface area (Å²) in [6.07, 6.45) is 0.296.